The zero-order valence-corrected chi connectivity index (χ0v) is 12.6. The molecule has 0 fully saturated rings. The molecule has 0 aliphatic rings. The normalized spacial score (nSPS) is 11.6. The number of Topliss-reactive ketones (excluding diaryl/α,β-unsaturated/α-hetero) is 1. The van der Waals surface area contributed by atoms with Crippen LogP contribution < -0.4 is 4.74 Å². The van der Waals surface area contributed by atoms with Crippen molar-refractivity contribution in [2.45, 2.75) is 32.9 Å². The van der Waals surface area contributed by atoms with E-state index in [-0.39, 0.29) is 18.1 Å². The Kier molecular flexibility index (Phi) is 5.11. The summed E-state index contributed by atoms with van der Waals surface area (Å²) in [5, 5.41) is -0.416. The first-order valence-corrected chi connectivity index (χ1v) is 7.91. The highest BCUT2D eigenvalue weighted by Gasteiger charge is 2.16. The second kappa shape index (κ2) is 6.19. The van der Waals surface area contributed by atoms with Gasteiger partial charge < -0.3 is 4.74 Å². The quantitative estimate of drug-likeness (QED) is 0.753. The average Bonchev–Trinajstić information content (AvgIpc) is 2.28. The molecule has 1 rings (SSSR count). The van der Waals surface area contributed by atoms with Crippen molar-refractivity contribution in [1.29, 1.82) is 0 Å². The molecule has 0 amide bonds. The number of sulfone groups is 1. The first-order chi connectivity index (χ1) is 8.74. The Morgan fingerprint density at radius 2 is 1.95 bits per heavy atom. The van der Waals surface area contributed by atoms with E-state index >= 15 is 0 Å². The molecule has 4 nitrogen and oxygen atoms in total. The number of rotatable bonds is 6. The van der Waals surface area contributed by atoms with Crippen LogP contribution in [0.15, 0.2) is 18.2 Å². The molecular weight excluding hydrogens is 264 g/mol. The van der Waals surface area contributed by atoms with Crippen molar-refractivity contribution in [2.75, 3.05) is 12.4 Å². The minimum Gasteiger partial charge on any atom is -0.492 e. The van der Waals surface area contributed by atoms with Crippen LogP contribution in [0.5, 0.6) is 5.75 Å². The third-order valence-corrected chi connectivity index (χ3v) is 5.03. The predicted octanol–water partition coefficient (Wildman–Crippen LogP) is 2.40. The monoisotopic (exact) mass is 284 g/mol. The lowest BCUT2D eigenvalue weighted by Crippen LogP contribution is -2.22. The molecule has 0 saturated heterocycles. The molecule has 0 aliphatic carbocycles. The highest BCUT2D eigenvalue weighted by atomic mass is 32.2. The summed E-state index contributed by atoms with van der Waals surface area (Å²) in [6.45, 7) is 6.69. The third-order valence-electron chi connectivity index (χ3n) is 2.86. The topological polar surface area (TPSA) is 60.4 Å². The largest absolute Gasteiger partial charge is 0.492 e. The number of carbonyl (C=O) groups is 1. The number of carbonyl (C=O) groups excluding carboxylic acids is 1. The van der Waals surface area contributed by atoms with Gasteiger partial charge in [0.05, 0.1) is 16.6 Å². The molecule has 0 N–H and O–H groups in total. The van der Waals surface area contributed by atoms with Gasteiger partial charge in [-0.3, -0.25) is 4.79 Å². The van der Waals surface area contributed by atoms with Crippen LogP contribution >= 0.6 is 0 Å². The van der Waals surface area contributed by atoms with Crippen molar-refractivity contribution in [2.24, 2.45) is 0 Å². The van der Waals surface area contributed by atoms with E-state index in [4.69, 9.17) is 4.74 Å². The van der Waals surface area contributed by atoms with E-state index in [9.17, 15) is 13.2 Å². The molecule has 0 bridgehead atoms. The summed E-state index contributed by atoms with van der Waals surface area (Å²) in [5.74, 6) is 0.309. The molecule has 0 unspecified atom stereocenters. The van der Waals surface area contributed by atoms with E-state index in [1.807, 2.05) is 13.0 Å². The van der Waals surface area contributed by atoms with E-state index < -0.39 is 15.1 Å². The van der Waals surface area contributed by atoms with Crippen LogP contribution in [0.1, 0.15) is 36.7 Å². The fourth-order valence-corrected chi connectivity index (χ4v) is 2.33. The Hall–Kier alpha value is -1.36. The van der Waals surface area contributed by atoms with Gasteiger partial charge >= 0.3 is 0 Å². The van der Waals surface area contributed by atoms with Gasteiger partial charge in [0.25, 0.3) is 0 Å². The van der Waals surface area contributed by atoms with E-state index in [0.29, 0.717) is 11.3 Å². The standard InChI is InChI=1S/C14H20O4S/c1-10(2)19(16,17)8-7-18-14-9-11(3)5-6-13(14)12(4)15/h5-6,9-10H,7-8H2,1-4H3. The van der Waals surface area contributed by atoms with Crippen molar-refractivity contribution in [1.82, 2.24) is 0 Å². The van der Waals surface area contributed by atoms with Gasteiger partial charge in [-0.15, -0.1) is 0 Å². The van der Waals surface area contributed by atoms with Crippen molar-refractivity contribution >= 4 is 15.6 Å². The fraction of sp³-hybridized carbons (Fsp3) is 0.500. The Morgan fingerprint density at radius 3 is 2.47 bits per heavy atom. The van der Waals surface area contributed by atoms with Crippen LogP contribution in [-0.2, 0) is 9.84 Å². The fourth-order valence-electron chi connectivity index (χ4n) is 1.54. The number of hydrogen-bond acceptors (Lipinski definition) is 4. The zero-order valence-electron chi connectivity index (χ0n) is 11.8. The molecule has 0 heterocycles. The van der Waals surface area contributed by atoms with Gasteiger partial charge in [0.15, 0.2) is 15.6 Å². The van der Waals surface area contributed by atoms with Crippen LogP contribution in [-0.4, -0.2) is 31.8 Å². The second-order valence-corrected chi connectivity index (χ2v) is 7.50. The summed E-state index contributed by atoms with van der Waals surface area (Å²) < 4.78 is 28.8. The molecule has 5 heteroatoms. The summed E-state index contributed by atoms with van der Waals surface area (Å²) in [7, 11) is -3.12. The maximum Gasteiger partial charge on any atom is 0.163 e. The van der Waals surface area contributed by atoms with Crippen LogP contribution in [0.25, 0.3) is 0 Å². The predicted molar refractivity (Wildman–Crippen MR) is 75.6 cm³/mol. The van der Waals surface area contributed by atoms with Gasteiger partial charge in [0.1, 0.15) is 12.4 Å². The smallest absolute Gasteiger partial charge is 0.163 e. The van der Waals surface area contributed by atoms with E-state index in [1.54, 1.807) is 26.0 Å². The SMILES string of the molecule is CC(=O)c1ccc(C)cc1OCCS(=O)(=O)C(C)C. The maximum absolute atomic E-state index is 11.7. The molecule has 1 aromatic rings. The minimum atomic E-state index is -3.12. The first-order valence-electron chi connectivity index (χ1n) is 6.20. The van der Waals surface area contributed by atoms with Gasteiger partial charge in [-0.05, 0) is 45.4 Å². The maximum atomic E-state index is 11.7. The lowest BCUT2D eigenvalue weighted by molar-refractivity contribution is 0.101. The Balaban J connectivity index is 2.78. The van der Waals surface area contributed by atoms with Crippen LogP contribution in [0.4, 0.5) is 0 Å². The lowest BCUT2D eigenvalue weighted by Gasteiger charge is -2.12. The van der Waals surface area contributed by atoms with Crippen molar-refractivity contribution in [3.8, 4) is 5.75 Å². The van der Waals surface area contributed by atoms with Crippen molar-refractivity contribution in [3.05, 3.63) is 29.3 Å². The average molecular weight is 284 g/mol. The second-order valence-electron chi connectivity index (χ2n) is 4.82. The van der Waals surface area contributed by atoms with E-state index in [2.05, 4.69) is 0 Å². The van der Waals surface area contributed by atoms with Gasteiger partial charge in [0.2, 0.25) is 0 Å². The summed E-state index contributed by atoms with van der Waals surface area (Å²) in [5.41, 5.74) is 1.44. The molecular formula is C14H20O4S. The number of ketones is 1. The molecule has 0 radical (unpaired) electrons. The zero-order chi connectivity index (χ0) is 14.6. The van der Waals surface area contributed by atoms with Crippen LogP contribution in [0, 0.1) is 6.92 Å². The Bertz CT molecular complexity index is 559. The summed E-state index contributed by atoms with van der Waals surface area (Å²) in [4.78, 5) is 11.4. The summed E-state index contributed by atoms with van der Waals surface area (Å²) in [6, 6.07) is 5.27. The van der Waals surface area contributed by atoms with Gasteiger partial charge in [0, 0.05) is 0 Å². The molecule has 0 saturated carbocycles. The number of aryl methyl sites for hydroxylation is 1. The molecule has 0 aliphatic heterocycles. The van der Waals surface area contributed by atoms with Crippen LogP contribution in [0.2, 0.25) is 0 Å². The third kappa shape index (κ3) is 4.35. The number of hydrogen-bond donors (Lipinski definition) is 0. The lowest BCUT2D eigenvalue weighted by atomic mass is 10.1. The molecule has 19 heavy (non-hydrogen) atoms. The van der Waals surface area contributed by atoms with E-state index in [0.717, 1.165) is 5.56 Å². The number of benzene rings is 1. The molecule has 0 aromatic heterocycles. The van der Waals surface area contributed by atoms with Crippen LogP contribution in [0.3, 0.4) is 0 Å². The van der Waals surface area contributed by atoms with Crippen molar-refractivity contribution < 1.29 is 17.9 Å². The summed E-state index contributed by atoms with van der Waals surface area (Å²) in [6.07, 6.45) is 0. The molecule has 0 spiro atoms. The number of ether oxygens (including phenoxy) is 1. The highest BCUT2D eigenvalue weighted by molar-refractivity contribution is 7.91. The molecule has 1 aromatic carbocycles. The van der Waals surface area contributed by atoms with E-state index in [1.165, 1.54) is 6.92 Å². The summed E-state index contributed by atoms with van der Waals surface area (Å²) >= 11 is 0. The Morgan fingerprint density at radius 1 is 1.32 bits per heavy atom. The van der Waals surface area contributed by atoms with Gasteiger partial charge in [-0.2, -0.15) is 0 Å². The molecule has 0 atom stereocenters. The minimum absolute atomic E-state index is 0.0457. The molecule has 106 valence electrons. The highest BCUT2D eigenvalue weighted by Crippen LogP contribution is 2.21. The van der Waals surface area contributed by atoms with Gasteiger partial charge in [-0.25, -0.2) is 8.42 Å². The van der Waals surface area contributed by atoms with Gasteiger partial charge in [-0.1, -0.05) is 6.07 Å². The first kappa shape index (κ1) is 15.7. The van der Waals surface area contributed by atoms with Crippen molar-refractivity contribution in [3.63, 3.8) is 0 Å². The Labute approximate surface area is 114 Å².